The van der Waals surface area contributed by atoms with Crippen LogP contribution >= 0.6 is 27.7 Å². The van der Waals surface area contributed by atoms with E-state index in [1.165, 1.54) is 0 Å². The predicted molar refractivity (Wildman–Crippen MR) is 141 cm³/mol. The fourth-order valence-corrected chi connectivity index (χ4v) is 9.58. The highest BCUT2D eigenvalue weighted by Gasteiger charge is 2.76. The van der Waals surface area contributed by atoms with Crippen molar-refractivity contribution in [2.75, 3.05) is 6.61 Å². The van der Waals surface area contributed by atoms with Crippen LogP contribution in [-0.4, -0.2) is 66.8 Å². The summed E-state index contributed by atoms with van der Waals surface area (Å²) in [6.07, 6.45) is 0.621. The Balaban J connectivity index is 1.70. The van der Waals surface area contributed by atoms with Crippen LogP contribution in [0.3, 0.4) is 0 Å². The smallest absolute Gasteiger partial charge is 0.244 e. The Morgan fingerprint density at radius 1 is 1.23 bits per heavy atom. The van der Waals surface area contributed by atoms with Gasteiger partial charge in [0.05, 0.1) is 29.2 Å². The van der Waals surface area contributed by atoms with Gasteiger partial charge in [-0.1, -0.05) is 60.1 Å². The van der Waals surface area contributed by atoms with Crippen molar-refractivity contribution in [2.24, 2.45) is 17.8 Å². The summed E-state index contributed by atoms with van der Waals surface area (Å²) in [4.78, 5) is 43.0. The first-order valence-corrected chi connectivity index (χ1v) is 14.1. The number of carbonyl (C=O) groups excluding carboxylic acids is 3. The molecule has 3 aliphatic heterocycles. The van der Waals surface area contributed by atoms with E-state index in [4.69, 9.17) is 0 Å². The van der Waals surface area contributed by atoms with Gasteiger partial charge in [0, 0.05) is 22.2 Å². The third kappa shape index (κ3) is 4.64. The van der Waals surface area contributed by atoms with Crippen LogP contribution in [0, 0.1) is 17.8 Å². The first-order valence-electron chi connectivity index (χ1n) is 12.3. The number of carbonyl (C=O) groups is 3. The Kier molecular flexibility index (Phi) is 7.34. The lowest BCUT2D eigenvalue weighted by Crippen LogP contribution is -2.60. The number of nitrogens with zero attached hydrogens (tertiary/aromatic N) is 1. The van der Waals surface area contributed by atoms with Gasteiger partial charge in [0.25, 0.3) is 0 Å². The number of likely N-dealkylation sites (tertiary alicyclic amines) is 1. The van der Waals surface area contributed by atoms with E-state index in [1.807, 2.05) is 65.0 Å². The number of rotatable bonds is 7. The summed E-state index contributed by atoms with van der Waals surface area (Å²) in [6, 6.07) is 8.44. The van der Waals surface area contributed by atoms with Crippen LogP contribution in [-0.2, 0) is 20.9 Å². The molecule has 35 heavy (non-hydrogen) atoms. The minimum atomic E-state index is -0.749. The average molecular weight is 567 g/mol. The second kappa shape index (κ2) is 9.71. The van der Waals surface area contributed by atoms with Gasteiger partial charge in [-0.3, -0.25) is 14.4 Å². The molecule has 192 valence electrons. The number of hydrogen-bond acceptors (Lipinski definition) is 5. The van der Waals surface area contributed by atoms with Gasteiger partial charge < -0.3 is 20.6 Å². The van der Waals surface area contributed by atoms with Gasteiger partial charge in [-0.15, -0.1) is 11.8 Å². The molecule has 3 aliphatic rings. The Bertz CT molecular complexity index is 985. The Hall–Kier alpha value is -1.58. The number of fused-ring (bicyclic) bond motifs is 1. The van der Waals surface area contributed by atoms with Crippen molar-refractivity contribution in [3.63, 3.8) is 0 Å². The van der Waals surface area contributed by atoms with E-state index in [1.54, 1.807) is 16.7 Å². The van der Waals surface area contributed by atoms with Crippen molar-refractivity contribution >= 4 is 45.4 Å². The Morgan fingerprint density at radius 2 is 1.89 bits per heavy atom. The Morgan fingerprint density at radius 3 is 2.46 bits per heavy atom. The molecular formula is C26H36BrN3O4S. The highest BCUT2D eigenvalue weighted by molar-refractivity contribution is 9.09. The van der Waals surface area contributed by atoms with Crippen molar-refractivity contribution in [1.29, 1.82) is 0 Å². The van der Waals surface area contributed by atoms with Crippen LogP contribution in [0.1, 0.15) is 46.6 Å². The second-order valence-electron chi connectivity index (χ2n) is 11.3. The van der Waals surface area contributed by atoms with Gasteiger partial charge in [0.2, 0.25) is 17.7 Å². The number of alkyl halides is 1. The maximum absolute atomic E-state index is 14.1. The molecule has 1 aromatic rings. The number of amides is 3. The van der Waals surface area contributed by atoms with Crippen molar-refractivity contribution < 1.29 is 19.5 Å². The van der Waals surface area contributed by atoms with Crippen LogP contribution < -0.4 is 10.6 Å². The molecule has 7 atom stereocenters. The first kappa shape index (κ1) is 26.5. The summed E-state index contributed by atoms with van der Waals surface area (Å²) in [5.74, 6) is -1.76. The summed E-state index contributed by atoms with van der Waals surface area (Å²) in [5.41, 5.74) is 0.512. The molecule has 3 unspecified atom stereocenters. The summed E-state index contributed by atoms with van der Waals surface area (Å²) in [6.45, 7) is 9.79. The zero-order chi connectivity index (χ0) is 25.7. The quantitative estimate of drug-likeness (QED) is 0.441. The third-order valence-corrected chi connectivity index (χ3v) is 10.6. The summed E-state index contributed by atoms with van der Waals surface area (Å²) in [7, 11) is 0. The van der Waals surface area contributed by atoms with Gasteiger partial charge in [-0.2, -0.15) is 0 Å². The van der Waals surface area contributed by atoms with E-state index in [0.29, 0.717) is 13.0 Å². The molecule has 4 rings (SSSR count). The lowest BCUT2D eigenvalue weighted by atomic mass is 9.70. The summed E-state index contributed by atoms with van der Waals surface area (Å²) >= 11 is 5.39. The van der Waals surface area contributed by atoms with E-state index < -0.39 is 34.2 Å². The number of thioether (sulfide) groups is 1. The van der Waals surface area contributed by atoms with Gasteiger partial charge in [0.15, 0.2) is 0 Å². The van der Waals surface area contributed by atoms with E-state index in [2.05, 4.69) is 26.6 Å². The molecule has 0 aliphatic carbocycles. The minimum absolute atomic E-state index is 0.0144. The summed E-state index contributed by atoms with van der Waals surface area (Å²) < 4.78 is -0.720. The van der Waals surface area contributed by atoms with Crippen molar-refractivity contribution in [3.8, 4) is 0 Å². The number of benzene rings is 1. The van der Waals surface area contributed by atoms with Gasteiger partial charge >= 0.3 is 0 Å². The maximum atomic E-state index is 14.1. The van der Waals surface area contributed by atoms with Crippen LogP contribution in [0.4, 0.5) is 0 Å². The zero-order valence-corrected chi connectivity index (χ0v) is 23.4. The largest absolute Gasteiger partial charge is 0.394 e. The number of aliphatic hydroxyl groups excluding tert-OH is 1. The molecule has 3 heterocycles. The van der Waals surface area contributed by atoms with E-state index >= 15 is 0 Å². The lowest BCUT2D eigenvalue weighted by molar-refractivity contribution is -0.144. The molecule has 9 heteroatoms. The van der Waals surface area contributed by atoms with Crippen LogP contribution in [0.15, 0.2) is 30.3 Å². The van der Waals surface area contributed by atoms with Gasteiger partial charge in [-0.25, -0.2) is 0 Å². The molecule has 1 spiro atoms. The normalized spacial score (nSPS) is 32.6. The zero-order valence-electron chi connectivity index (χ0n) is 21.0. The predicted octanol–water partition coefficient (Wildman–Crippen LogP) is 2.70. The highest BCUT2D eigenvalue weighted by atomic mass is 79.9. The highest BCUT2D eigenvalue weighted by Crippen LogP contribution is 2.68. The molecule has 2 bridgehead atoms. The third-order valence-electron chi connectivity index (χ3n) is 7.40. The molecule has 1 aromatic carbocycles. The molecule has 0 aromatic heterocycles. The first-order chi connectivity index (χ1) is 16.4. The minimum Gasteiger partial charge on any atom is -0.394 e. The number of nitrogens with one attached hydrogen (secondary N) is 2. The van der Waals surface area contributed by atoms with Gasteiger partial charge in [-0.05, 0) is 38.7 Å². The fourth-order valence-electron chi connectivity index (χ4n) is 5.98. The molecule has 3 amide bonds. The Labute approximate surface area is 220 Å². The van der Waals surface area contributed by atoms with E-state index in [9.17, 15) is 19.5 Å². The van der Waals surface area contributed by atoms with Crippen LogP contribution in [0.5, 0.6) is 0 Å². The van der Waals surface area contributed by atoms with Crippen molar-refractivity contribution in [1.82, 2.24) is 15.5 Å². The van der Waals surface area contributed by atoms with Gasteiger partial charge in [0.1, 0.15) is 6.04 Å². The molecule has 0 saturated carbocycles. The van der Waals surface area contributed by atoms with Crippen molar-refractivity contribution in [2.45, 2.75) is 80.0 Å². The number of halogens is 1. The van der Waals surface area contributed by atoms with E-state index in [-0.39, 0.29) is 40.3 Å². The fraction of sp³-hybridized carbons (Fsp3) is 0.654. The SMILES string of the molecule is CC(C)[C@H](CO)N1C(=O)[C@@H]2[C@H](C(=O)NCc3ccccc3)[C@H]3SC2(CC3Br)C1C(=O)NC(C)(C)C. The number of hydrogen-bond donors (Lipinski definition) is 3. The van der Waals surface area contributed by atoms with Crippen molar-refractivity contribution in [3.05, 3.63) is 35.9 Å². The summed E-state index contributed by atoms with van der Waals surface area (Å²) in [5, 5.41) is 16.3. The second-order valence-corrected chi connectivity index (χ2v) is 14.1. The average Bonchev–Trinajstić information content (AvgIpc) is 3.36. The molecule has 3 N–H and O–H groups in total. The topological polar surface area (TPSA) is 98.7 Å². The molecular weight excluding hydrogens is 530 g/mol. The van der Waals surface area contributed by atoms with Crippen LogP contribution in [0.25, 0.3) is 0 Å². The molecule has 7 nitrogen and oxygen atoms in total. The maximum Gasteiger partial charge on any atom is 0.244 e. The molecule has 0 radical (unpaired) electrons. The lowest BCUT2D eigenvalue weighted by Gasteiger charge is -2.39. The monoisotopic (exact) mass is 565 g/mol. The van der Waals surface area contributed by atoms with Crippen LogP contribution in [0.2, 0.25) is 0 Å². The standard InChI is InChI=1S/C26H36BrN3O4S/c1-14(2)17(13-31)30-21(23(33)29-25(3,4)5)26-11-16(27)20(35-26)18(19(26)24(30)34)22(32)28-12-15-9-7-6-8-10-15/h6-10,14,16-21,31H,11-13H2,1-5H3,(H,28,32)(H,29,33)/t16?,17-,18-,19-,20-,21?,26?/m0/s1. The molecule has 3 fully saturated rings. The van der Waals surface area contributed by atoms with E-state index in [0.717, 1.165) is 5.56 Å². The number of aliphatic hydroxyl groups is 1. The molecule has 3 saturated heterocycles.